The van der Waals surface area contributed by atoms with Gasteiger partial charge in [-0.1, -0.05) is 60.7 Å². The number of halogens is 1. The molecule has 35 heavy (non-hydrogen) atoms. The predicted octanol–water partition coefficient (Wildman–Crippen LogP) is 5.94. The summed E-state index contributed by atoms with van der Waals surface area (Å²) >= 11 is 0. The second-order valence-electron chi connectivity index (χ2n) is 9.49. The van der Waals surface area contributed by atoms with Gasteiger partial charge in [0, 0.05) is 13.0 Å². The summed E-state index contributed by atoms with van der Waals surface area (Å²) in [7, 11) is -3.95. The lowest BCUT2D eigenvalue weighted by Crippen LogP contribution is -2.43. The third-order valence-electron chi connectivity index (χ3n) is 6.44. The van der Waals surface area contributed by atoms with E-state index in [0.717, 1.165) is 16.7 Å². The van der Waals surface area contributed by atoms with Crippen LogP contribution in [-0.4, -0.2) is 31.6 Å². The number of aliphatic hydroxyl groups is 1. The summed E-state index contributed by atoms with van der Waals surface area (Å²) in [6.07, 6.45) is 0.477. The molecule has 0 spiro atoms. The molecule has 4 rings (SSSR count). The highest BCUT2D eigenvalue weighted by Gasteiger charge is 2.47. The molecule has 1 N–H and O–H groups in total. The average Bonchev–Trinajstić information content (AvgIpc) is 2.80. The first-order valence-electron chi connectivity index (χ1n) is 11.6. The van der Waals surface area contributed by atoms with E-state index in [1.165, 1.54) is 12.1 Å². The summed E-state index contributed by atoms with van der Waals surface area (Å²) in [5.74, 6) is -0.636. The van der Waals surface area contributed by atoms with E-state index >= 15 is 0 Å². The fourth-order valence-electron chi connectivity index (χ4n) is 4.85. The molecular formula is C28H30FNO4S. The van der Waals surface area contributed by atoms with Gasteiger partial charge in [0.2, 0.25) is 5.90 Å². The van der Waals surface area contributed by atoms with Crippen LogP contribution >= 0.6 is 0 Å². The van der Waals surface area contributed by atoms with Crippen LogP contribution in [0.2, 0.25) is 0 Å². The van der Waals surface area contributed by atoms with Gasteiger partial charge < -0.3 is 9.84 Å². The highest BCUT2D eigenvalue weighted by atomic mass is 32.2. The number of nitrogens with zero attached hydrogens (tertiary/aromatic N) is 1. The fourth-order valence-corrected chi connectivity index (χ4v) is 6.62. The van der Waals surface area contributed by atoms with E-state index < -0.39 is 20.9 Å². The summed E-state index contributed by atoms with van der Waals surface area (Å²) in [5.41, 5.74) is 3.13. The molecule has 0 fully saturated rings. The highest BCUT2D eigenvalue weighted by molar-refractivity contribution is 7.90. The monoisotopic (exact) mass is 495 g/mol. The number of aliphatic hydroxyl groups excluding tert-OH is 1. The van der Waals surface area contributed by atoms with Crippen molar-refractivity contribution >= 4 is 15.9 Å². The Bertz CT molecular complexity index is 1320. The van der Waals surface area contributed by atoms with Crippen molar-refractivity contribution in [3.05, 3.63) is 95.3 Å². The van der Waals surface area contributed by atoms with Gasteiger partial charge in [-0.25, -0.2) is 12.8 Å². The number of sulfonamides is 1. The third kappa shape index (κ3) is 5.46. The Balaban J connectivity index is 1.64. The van der Waals surface area contributed by atoms with Crippen molar-refractivity contribution in [2.24, 2.45) is 4.40 Å². The van der Waals surface area contributed by atoms with E-state index in [9.17, 15) is 17.9 Å². The van der Waals surface area contributed by atoms with Crippen molar-refractivity contribution in [1.82, 2.24) is 0 Å². The van der Waals surface area contributed by atoms with Crippen molar-refractivity contribution < 1.29 is 22.7 Å². The van der Waals surface area contributed by atoms with Crippen molar-refractivity contribution in [3.8, 4) is 11.1 Å². The summed E-state index contributed by atoms with van der Waals surface area (Å²) in [5, 5.41) is 8.62. The molecule has 1 heterocycles. The van der Waals surface area contributed by atoms with Gasteiger partial charge in [-0.15, -0.1) is 4.40 Å². The second kappa shape index (κ2) is 9.91. The van der Waals surface area contributed by atoms with Crippen LogP contribution in [-0.2, 0) is 14.8 Å². The number of hydrogen-bond donors (Lipinski definition) is 1. The van der Waals surface area contributed by atoms with E-state index in [4.69, 9.17) is 4.74 Å². The lowest BCUT2D eigenvalue weighted by atomic mass is 9.89. The van der Waals surface area contributed by atoms with Crippen LogP contribution in [0.25, 0.3) is 11.1 Å². The molecule has 0 radical (unpaired) electrons. The van der Waals surface area contributed by atoms with E-state index in [0.29, 0.717) is 17.5 Å². The van der Waals surface area contributed by atoms with E-state index in [1.54, 1.807) is 32.0 Å². The molecule has 0 bridgehead atoms. The Morgan fingerprint density at radius 1 is 1.03 bits per heavy atom. The molecule has 0 saturated heterocycles. The van der Waals surface area contributed by atoms with Crippen LogP contribution in [0.4, 0.5) is 4.39 Å². The van der Waals surface area contributed by atoms with Crippen molar-refractivity contribution in [2.75, 3.05) is 6.61 Å². The molecule has 2 atom stereocenters. The van der Waals surface area contributed by atoms with Gasteiger partial charge in [-0.05, 0) is 73.1 Å². The molecule has 3 aromatic carbocycles. The molecule has 5 nitrogen and oxygen atoms in total. The third-order valence-corrected chi connectivity index (χ3v) is 8.33. The lowest BCUT2D eigenvalue weighted by Gasteiger charge is -2.38. The molecular weight excluding hydrogens is 465 g/mol. The van der Waals surface area contributed by atoms with Gasteiger partial charge in [0.15, 0.2) is 0 Å². The first-order chi connectivity index (χ1) is 16.6. The topological polar surface area (TPSA) is 76.0 Å². The molecule has 184 valence electrons. The number of ether oxygens (including phenoxy) is 1. The number of hydrogen-bond acceptors (Lipinski definition) is 4. The largest absolute Gasteiger partial charge is 0.472 e. The molecule has 1 aliphatic rings. The second-order valence-corrected chi connectivity index (χ2v) is 11.2. The summed E-state index contributed by atoms with van der Waals surface area (Å²) in [6, 6.07) is 21.8. The average molecular weight is 496 g/mol. The highest BCUT2D eigenvalue weighted by Crippen LogP contribution is 2.42. The van der Waals surface area contributed by atoms with Gasteiger partial charge in [-0.2, -0.15) is 0 Å². The van der Waals surface area contributed by atoms with Crippen LogP contribution in [0.15, 0.2) is 77.2 Å². The fraction of sp³-hybridized carbons (Fsp3) is 0.321. The molecule has 3 aromatic rings. The van der Waals surface area contributed by atoms with Crippen molar-refractivity contribution in [3.63, 3.8) is 0 Å². The maximum Gasteiger partial charge on any atom is 0.267 e. The van der Waals surface area contributed by atoms with Crippen LogP contribution in [0.5, 0.6) is 0 Å². The van der Waals surface area contributed by atoms with Crippen LogP contribution in [0, 0.1) is 12.7 Å². The zero-order chi connectivity index (χ0) is 25.2. The Kier molecular flexibility index (Phi) is 7.10. The SMILES string of the molecule is Cc1ccc(F)cc1[C@H](CCO)CC1=NS(=O)(=O)C(c2ccc(-c3ccccc3)cc2)C(C)(C)O1. The van der Waals surface area contributed by atoms with Gasteiger partial charge in [-0.3, -0.25) is 0 Å². The molecule has 0 amide bonds. The van der Waals surface area contributed by atoms with Crippen LogP contribution in [0.1, 0.15) is 54.5 Å². The Morgan fingerprint density at radius 2 is 1.69 bits per heavy atom. The quantitative estimate of drug-likeness (QED) is 0.440. The van der Waals surface area contributed by atoms with E-state index in [2.05, 4.69) is 4.40 Å². The lowest BCUT2D eigenvalue weighted by molar-refractivity contribution is 0.0797. The van der Waals surface area contributed by atoms with Crippen LogP contribution < -0.4 is 0 Å². The zero-order valence-corrected chi connectivity index (χ0v) is 20.9. The van der Waals surface area contributed by atoms with Crippen molar-refractivity contribution in [1.29, 1.82) is 0 Å². The first kappa shape index (κ1) is 25.1. The maximum atomic E-state index is 13.9. The number of rotatable bonds is 7. The molecule has 0 aromatic heterocycles. The summed E-state index contributed by atoms with van der Waals surface area (Å²) in [4.78, 5) is 0. The van der Waals surface area contributed by atoms with Gasteiger partial charge in [0.05, 0.1) is 0 Å². The predicted molar refractivity (Wildman–Crippen MR) is 136 cm³/mol. The molecule has 7 heteroatoms. The molecule has 0 saturated carbocycles. The smallest absolute Gasteiger partial charge is 0.267 e. The van der Waals surface area contributed by atoms with Gasteiger partial charge >= 0.3 is 0 Å². The molecule has 0 aliphatic carbocycles. The Hall–Kier alpha value is -3.03. The minimum absolute atomic E-state index is 0.0780. The number of benzene rings is 3. The maximum absolute atomic E-state index is 13.9. The minimum atomic E-state index is -3.95. The van der Waals surface area contributed by atoms with E-state index in [-0.39, 0.29) is 30.7 Å². The first-order valence-corrected chi connectivity index (χ1v) is 13.1. The van der Waals surface area contributed by atoms with E-state index in [1.807, 2.05) is 49.4 Å². The zero-order valence-electron chi connectivity index (χ0n) is 20.1. The standard InChI is InChI=1S/C28H30FNO4S/c1-19-9-14-24(29)18-25(19)23(15-16-31)17-26-30-35(32,33)27(28(2,3)34-26)22-12-10-21(11-13-22)20-7-5-4-6-8-20/h4-14,18,23,27,31H,15-17H2,1-3H3/t23-,27?/m1/s1. The summed E-state index contributed by atoms with van der Waals surface area (Å²) < 4.78 is 50.9. The van der Waals surface area contributed by atoms with Gasteiger partial charge in [0.1, 0.15) is 16.7 Å². The molecule has 1 unspecified atom stereocenters. The Morgan fingerprint density at radius 3 is 2.31 bits per heavy atom. The number of aryl methyl sites for hydroxylation is 1. The summed E-state index contributed by atoms with van der Waals surface area (Å²) in [6.45, 7) is 5.21. The van der Waals surface area contributed by atoms with Crippen LogP contribution in [0.3, 0.4) is 0 Å². The minimum Gasteiger partial charge on any atom is -0.472 e. The van der Waals surface area contributed by atoms with Crippen molar-refractivity contribution in [2.45, 2.75) is 50.4 Å². The Labute approximate surface area is 206 Å². The van der Waals surface area contributed by atoms with Gasteiger partial charge in [0.25, 0.3) is 10.0 Å². The molecule has 1 aliphatic heterocycles. The normalized spacial score (nSPS) is 19.5.